The Morgan fingerprint density at radius 1 is 1.21 bits per heavy atom. The van der Waals surface area contributed by atoms with E-state index in [1.807, 2.05) is 0 Å². The number of carbonyl (C=O) groups excluding carboxylic acids is 1. The van der Waals surface area contributed by atoms with Gasteiger partial charge in [0.05, 0.1) is 24.2 Å². The zero-order valence-electron chi connectivity index (χ0n) is 15.7. The van der Waals surface area contributed by atoms with Crippen molar-refractivity contribution < 1.29 is 14.3 Å². The fraction of sp³-hybridized carbons (Fsp3) is 0.857. The maximum atomic E-state index is 12.6. The summed E-state index contributed by atoms with van der Waals surface area (Å²) in [7, 11) is 1.54. The van der Waals surface area contributed by atoms with Gasteiger partial charge in [-0.15, -0.1) is 6.58 Å². The van der Waals surface area contributed by atoms with Crippen LogP contribution in [-0.2, 0) is 14.3 Å². The fourth-order valence-electron chi connectivity index (χ4n) is 7.11. The second-order valence-electron chi connectivity index (χ2n) is 9.74. The van der Waals surface area contributed by atoms with E-state index < -0.39 is 0 Å². The topological polar surface area (TPSA) is 38.8 Å². The van der Waals surface area contributed by atoms with Crippen molar-refractivity contribution in [3.8, 4) is 0 Å². The van der Waals surface area contributed by atoms with Gasteiger partial charge in [0, 0.05) is 0 Å². The van der Waals surface area contributed by atoms with Gasteiger partial charge < -0.3 is 9.47 Å². The van der Waals surface area contributed by atoms with E-state index >= 15 is 0 Å². The van der Waals surface area contributed by atoms with Crippen LogP contribution in [0.4, 0.5) is 0 Å². The number of fused-ring (bicyclic) bond motifs is 2. The van der Waals surface area contributed by atoms with Crippen LogP contribution in [0.15, 0.2) is 12.7 Å². The van der Waals surface area contributed by atoms with Crippen LogP contribution in [0, 0.1) is 28.1 Å². The molecule has 1 aliphatic heterocycles. The fourth-order valence-corrected chi connectivity index (χ4v) is 7.11. The van der Waals surface area contributed by atoms with Gasteiger partial charge in [-0.3, -0.25) is 4.79 Å². The molecule has 24 heavy (non-hydrogen) atoms. The van der Waals surface area contributed by atoms with Gasteiger partial charge in [-0.05, 0) is 68.1 Å². The molecule has 0 aromatic heterocycles. The highest BCUT2D eigenvalue weighted by Crippen LogP contribution is 2.73. The Hall–Kier alpha value is -0.830. The lowest BCUT2D eigenvalue weighted by molar-refractivity contribution is -0.173. The van der Waals surface area contributed by atoms with Crippen molar-refractivity contribution in [3.05, 3.63) is 12.7 Å². The molecule has 3 aliphatic carbocycles. The van der Waals surface area contributed by atoms with Crippen LogP contribution in [0.3, 0.4) is 0 Å². The Balaban J connectivity index is 1.71. The number of hydrogen-bond acceptors (Lipinski definition) is 3. The summed E-state index contributed by atoms with van der Waals surface area (Å²) in [5.74, 6) is 0.939. The Labute approximate surface area is 146 Å². The van der Waals surface area contributed by atoms with E-state index in [0.29, 0.717) is 17.9 Å². The molecule has 3 nitrogen and oxygen atoms in total. The lowest BCUT2D eigenvalue weighted by atomic mass is 9.43. The van der Waals surface area contributed by atoms with Gasteiger partial charge in [0.1, 0.15) is 0 Å². The van der Waals surface area contributed by atoms with Crippen LogP contribution < -0.4 is 0 Å². The van der Waals surface area contributed by atoms with Gasteiger partial charge in [-0.2, -0.15) is 0 Å². The minimum atomic E-state index is -0.348. The van der Waals surface area contributed by atoms with Gasteiger partial charge in [0.25, 0.3) is 0 Å². The number of methoxy groups -OCH3 is 1. The zero-order valence-corrected chi connectivity index (χ0v) is 15.7. The van der Waals surface area contributed by atoms with E-state index in [-0.39, 0.29) is 27.8 Å². The second-order valence-corrected chi connectivity index (χ2v) is 9.74. The smallest absolute Gasteiger partial charge is 0.311 e. The molecule has 0 bridgehead atoms. The summed E-state index contributed by atoms with van der Waals surface area (Å²) in [6.07, 6.45) is 10.3. The number of allylic oxidation sites excluding steroid dienone is 1. The van der Waals surface area contributed by atoms with E-state index in [1.54, 1.807) is 0 Å². The highest BCUT2D eigenvalue weighted by atomic mass is 16.6. The Morgan fingerprint density at radius 2 is 1.96 bits per heavy atom. The van der Waals surface area contributed by atoms with Crippen molar-refractivity contribution in [1.29, 1.82) is 0 Å². The first-order chi connectivity index (χ1) is 11.2. The zero-order chi connectivity index (χ0) is 17.4. The second kappa shape index (κ2) is 4.87. The monoisotopic (exact) mass is 332 g/mol. The van der Waals surface area contributed by atoms with Crippen LogP contribution >= 0.6 is 0 Å². The summed E-state index contributed by atoms with van der Waals surface area (Å²) in [5.41, 5.74) is 0.102. The van der Waals surface area contributed by atoms with Gasteiger partial charge >= 0.3 is 5.97 Å². The molecule has 1 saturated heterocycles. The average molecular weight is 332 g/mol. The molecule has 4 fully saturated rings. The van der Waals surface area contributed by atoms with Crippen LogP contribution in [-0.4, -0.2) is 24.8 Å². The molecular formula is C21H32O3. The molecule has 1 unspecified atom stereocenters. The molecule has 4 rings (SSSR count). The predicted octanol–water partition coefficient (Wildman–Crippen LogP) is 4.51. The van der Waals surface area contributed by atoms with Gasteiger partial charge in [-0.1, -0.05) is 26.3 Å². The van der Waals surface area contributed by atoms with Crippen molar-refractivity contribution in [2.75, 3.05) is 7.11 Å². The Bertz CT molecular complexity index is 586. The molecule has 4 aliphatic rings. The molecule has 0 aromatic rings. The van der Waals surface area contributed by atoms with E-state index in [0.717, 1.165) is 25.7 Å². The third-order valence-corrected chi connectivity index (χ3v) is 8.49. The van der Waals surface area contributed by atoms with Crippen molar-refractivity contribution in [2.45, 2.75) is 77.4 Å². The third-order valence-electron chi connectivity index (χ3n) is 8.49. The van der Waals surface area contributed by atoms with Crippen LogP contribution in [0.1, 0.15) is 65.7 Å². The third kappa shape index (κ3) is 1.91. The normalized spacial score (nSPS) is 55.6. The molecule has 1 heterocycles. The van der Waals surface area contributed by atoms with Crippen molar-refractivity contribution in [3.63, 3.8) is 0 Å². The van der Waals surface area contributed by atoms with E-state index in [9.17, 15) is 4.79 Å². The summed E-state index contributed by atoms with van der Waals surface area (Å²) in [5, 5.41) is 0. The lowest BCUT2D eigenvalue weighted by Gasteiger charge is -2.60. The molecule has 134 valence electrons. The molecule has 0 radical (unpaired) electrons. The summed E-state index contributed by atoms with van der Waals surface area (Å²) < 4.78 is 11.7. The minimum Gasteiger partial charge on any atom is -0.469 e. The SMILES string of the molecule is C=C[C@@]1(C)CC[C@@H]2[C@@]3(C1)O[C@H]3CC1[C@](C)(C(=O)OC)CCC[C@@]12C. The largest absolute Gasteiger partial charge is 0.469 e. The highest BCUT2D eigenvalue weighted by molar-refractivity contribution is 5.77. The Morgan fingerprint density at radius 3 is 2.62 bits per heavy atom. The minimum absolute atomic E-state index is 0.0154. The molecule has 1 spiro atoms. The molecule has 7 atom stereocenters. The number of epoxide rings is 1. The first-order valence-electron chi connectivity index (χ1n) is 9.64. The van der Waals surface area contributed by atoms with Crippen molar-refractivity contribution in [1.82, 2.24) is 0 Å². The van der Waals surface area contributed by atoms with Crippen LogP contribution in [0.5, 0.6) is 0 Å². The van der Waals surface area contributed by atoms with E-state index in [2.05, 4.69) is 33.4 Å². The average Bonchev–Trinajstić information content (AvgIpc) is 3.23. The molecular weight excluding hydrogens is 300 g/mol. The van der Waals surface area contributed by atoms with Crippen molar-refractivity contribution in [2.24, 2.45) is 28.1 Å². The Kier molecular flexibility index (Phi) is 3.37. The summed E-state index contributed by atoms with van der Waals surface area (Å²) in [6.45, 7) is 11.0. The molecule has 0 aromatic carbocycles. The van der Waals surface area contributed by atoms with Gasteiger partial charge in [-0.25, -0.2) is 0 Å². The van der Waals surface area contributed by atoms with Gasteiger partial charge in [0.2, 0.25) is 0 Å². The summed E-state index contributed by atoms with van der Waals surface area (Å²) >= 11 is 0. The molecule has 3 heteroatoms. The molecule has 0 N–H and O–H groups in total. The quantitative estimate of drug-likeness (QED) is 0.424. The molecule has 0 amide bonds. The van der Waals surface area contributed by atoms with E-state index in [4.69, 9.17) is 9.47 Å². The molecule has 3 saturated carbocycles. The number of esters is 1. The summed E-state index contributed by atoms with van der Waals surface area (Å²) in [4.78, 5) is 12.6. The standard InChI is InChI=1S/C21H32O3/c1-6-18(2)11-8-14-19(3)9-7-10-20(4,17(22)23-5)15(19)12-16-21(14,13-18)24-16/h6,14-16H,1,7-13H2,2-5H3/t14-,15?,16-,18-,19+,20+,21+/m0/s1. The summed E-state index contributed by atoms with van der Waals surface area (Å²) in [6, 6.07) is 0. The first-order valence-corrected chi connectivity index (χ1v) is 9.64. The number of rotatable bonds is 2. The van der Waals surface area contributed by atoms with Crippen LogP contribution in [0.2, 0.25) is 0 Å². The first kappa shape index (κ1) is 16.6. The van der Waals surface area contributed by atoms with E-state index in [1.165, 1.54) is 26.4 Å². The number of hydrogen-bond donors (Lipinski definition) is 0. The number of carbonyl (C=O) groups is 1. The predicted molar refractivity (Wildman–Crippen MR) is 93.4 cm³/mol. The van der Waals surface area contributed by atoms with Crippen molar-refractivity contribution >= 4 is 5.97 Å². The highest BCUT2D eigenvalue weighted by Gasteiger charge is 2.75. The maximum Gasteiger partial charge on any atom is 0.311 e. The maximum absolute atomic E-state index is 12.6. The lowest BCUT2D eigenvalue weighted by Crippen LogP contribution is -2.59. The van der Waals surface area contributed by atoms with Crippen LogP contribution in [0.25, 0.3) is 0 Å². The number of ether oxygens (including phenoxy) is 2. The van der Waals surface area contributed by atoms with Gasteiger partial charge in [0.15, 0.2) is 0 Å².